The summed E-state index contributed by atoms with van der Waals surface area (Å²) < 4.78 is 17.1. The zero-order valence-corrected chi connectivity index (χ0v) is 22.0. The minimum atomic E-state index is -2.13. The van der Waals surface area contributed by atoms with Crippen molar-refractivity contribution in [2.24, 2.45) is 0 Å². The number of carbonyl (C=O) groups is 1. The van der Waals surface area contributed by atoms with Gasteiger partial charge in [-0.15, -0.1) is 0 Å². The van der Waals surface area contributed by atoms with Gasteiger partial charge in [-0.3, -0.25) is 0 Å². The number of hydrogen-bond acceptors (Lipinski definition) is 3. The van der Waals surface area contributed by atoms with Crippen LogP contribution in [0.15, 0.2) is 0 Å². The summed E-state index contributed by atoms with van der Waals surface area (Å²) in [7, 11) is 0. The van der Waals surface area contributed by atoms with Gasteiger partial charge in [-0.05, 0) is 0 Å². The SMILES string of the molecule is CCC[CH2][Sn]([CH2]CCC)([CH2]CCC)[CH2]OCCCCNC(=O)OC(C)(C)C. The Morgan fingerprint density at radius 1 is 0.852 bits per heavy atom. The van der Waals surface area contributed by atoms with Gasteiger partial charge >= 0.3 is 174 Å². The monoisotopic (exact) mass is 493 g/mol. The number of alkyl carbamates (subject to hydrolysis) is 1. The maximum absolute atomic E-state index is 11.6. The minimum absolute atomic E-state index is 0.322. The van der Waals surface area contributed by atoms with E-state index in [-0.39, 0.29) is 6.09 Å². The number of hydrogen-bond donors (Lipinski definition) is 1. The molecule has 27 heavy (non-hydrogen) atoms. The van der Waals surface area contributed by atoms with Crippen LogP contribution in [0.4, 0.5) is 4.79 Å². The van der Waals surface area contributed by atoms with Crippen molar-refractivity contribution in [2.45, 2.75) is 112 Å². The number of carbonyl (C=O) groups excluding carboxylic acids is 1. The normalized spacial score (nSPS) is 12.2. The van der Waals surface area contributed by atoms with E-state index < -0.39 is 24.0 Å². The van der Waals surface area contributed by atoms with Crippen LogP contribution >= 0.6 is 0 Å². The van der Waals surface area contributed by atoms with E-state index in [0.717, 1.165) is 24.1 Å². The predicted molar refractivity (Wildman–Crippen MR) is 119 cm³/mol. The number of nitrogens with one attached hydrogen (secondary N) is 1. The number of rotatable bonds is 16. The molecule has 0 radical (unpaired) electrons. The third-order valence-electron chi connectivity index (χ3n) is 4.97. The molecule has 0 unspecified atom stereocenters. The van der Waals surface area contributed by atoms with Crippen molar-refractivity contribution < 1.29 is 14.3 Å². The average Bonchev–Trinajstić information content (AvgIpc) is 2.60. The van der Waals surface area contributed by atoms with Crippen LogP contribution in [0.3, 0.4) is 0 Å². The van der Waals surface area contributed by atoms with E-state index in [1.54, 1.807) is 0 Å². The van der Waals surface area contributed by atoms with Crippen LogP contribution in [0.2, 0.25) is 13.3 Å². The topological polar surface area (TPSA) is 47.6 Å². The third kappa shape index (κ3) is 15.6. The summed E-state index contributed by atoms with van der Waals surface area (Å²) in [5.41, 5.74) is -0.432. The number of ether oxygens (including phenoxy) is 2. The molecule has 0 aliphatic heterocycles. The van der Waals surface area contributed by atoms with Crippen LogP contribution < -0.4 is 5.32 Å². The molecule has 0 bridgehead atoms. The average molecular weight is 492 g/mol. The van der Waals surface area contributed by atoms with E-state index in [1.807, 2.05) is 20.8 Å². The van der Waals surface area contributed by atoms with Gasteiger partial charge in [0.05, 0.1) is 0 Å². The van der Waals surface area contributed by atoms with Crippen molar-refractivity contribution in [3.05, 3.63) is 0 Å². The molecule has 0 rings (SSSR count). The van der Waals surface area contributed by atoms with Gasteiger partial charge in [0.25, 0.3) is 0 Å². The molecule has 162 valence electrons. The van der Waals surface area contributed by atoms with Crippen LogP contribution in [0.25, 0.3) is 0 Å². The molecule has 5 heteroatoms. The maximum atomic E-state index is 11.6. The predicted octanol–water partition coefficient (Wildman–Crippen LogP) is 6.70. The Balaban J connectivity index is 4.17. The number of unbranched alkanes of at least 4 members (excludes halogenated alkanes) is 4. The van der Waals surface area contributed by atoms with Crippen LogP contribution in [0, 0.1) is 0 Å². The van der Waals surface area contributed by atoms with Crippen molar-refractivity contribution in [1.82, 2.24) is 5.32 Å². The Hall–Kier alpha value is 0.0287. The Kier molecular flexibility index (Phi) is 15.9. The fourth-order valence-electron chi connectivity index (χ4n) is 3.37. The Labute approximate surface area is 173 Å². The summed E-state index contributed by atoms with van der Waals surface area (Å²) in [5, 5.41) is 2.83. The first-order chi connectivity index (χ1) is 12.8. The second-order valence-corrected chi connectivity index (χ2v) is 22.7. The quantitative estimate of drug-likeness (QED) is 0.193. The fourth-order valence-corrected chi connectivity index (χ4v) is 17.8. The summed E-state index contributed by atoms with van der Waals surface area (Å²) in [6.07, 6.45) is 9.75. The molecule has 0 atom stereocenters. The van der Waals surface area contributed by atoms with Gasteiger partial charge in [-0.1, -0.05) is 0 Å². The van der Waals surface area contributed by atoms with Crippen molar-refractivity contribution in [3.63, 3.8) is 0 Å². The zero-order valence-electron chi connectivity index (χ0n) is 19.1. The molecule has 0 aromatic heterocycles. The van der Waals surface area contributed by atoms with E-state index in [1.165, 1.54) is 51.8 Å². The summed E-state index contributed by atoms with van der Waals surface area (Å²) in [4.78, 5) is 11.6. The molecular formula is C22H47NO3Sn. The van der Waals surface area contributed by atoms with Gasteiger partial charge in [0, 0.05) is 0 Å². The Morgan fingerprint density at radius 3 is 1.81 bits per heavy atom. The van der Waals surface area contributed by atoms with Gasteiger partial charge in [0.15, 0.2) is 0 Å². The van der Waals surface area contributed by atoms with Crippen LogP contribution in [0.5, 0.6) is 0 Å². The Bertz CT molecular complexity index is 347. The second-order valence-electron chi connectivity index (χ2n) is 9.00. The summed E-state index contributed by atoms with van der Waals surface area (Å²) >= 11 is -2.13. The molecule has 1 amide bonds. The zero-order chi connectivity index (χ0) is 20.6. The molecule has 0 aliphatic carbocycles. The van der Waals surface area contributed by atoms with Gasteiger partial charge in [-0.25, -0.2) is 0 Å². The summed E-state index contributed by atoms with van der Waals surface area (Å²) in [6, 6.07) is 0. The number of amides is 1. The molecule has 0 saturated heterocycles. The molecule has 0 fully saturated rings. The van der Waals surface area contributed by atoms with E-state index in [0.29, 0.717) is 6.54 Å². The van der Waals surface area contributed by atoms with Gasteiger partial charge < -0.3 is 0 Å². The van der Waals surface area contributed by atoms with Gasteiger partial charge in [0.2, 0.25) is 0 Å². The molecule has 0 aromatic carbocycles. The Morgan fingerprint density at radius 2 is 1.37 bits per heavy atom. The van der Waals surface area contributed by atoms with Gasteiger partial charge in [0.1, 0.15) is 0 Å². The molecule has 0 heterocycles. The van der Waals surface area contributed by atoms with E-state index in [9.17, 15) is 4.79 Å². The molecule has 1 N–H and O–H groups in total. The molecular weight excluding hydrogens is 445 g/mol. The first-order valence-electron chi connectivity index (χ1n) is 11.3. The van der Waals surface area contributed by atoms with Crippen molar-refractivity contribution in [1.29, 1.82) is 0 Å². The van der Waals surface area contributed by atoms with E-state index in [4.69, 9.17) is 9.47 Å². The summed E-state index contributed by atoms with van der Waals surface area (Å²) in [6.45, 7) is 14.1. The molecule has 0 aromatic rings. The van der Waals surface area contributed by atoms with Crippen molar-refractivity contribution in [3.8, 4) is 0 Å². The standard InChI is InChI=1S/C10H20NO3.3C4H9.Sn/c1-10(2,3)14-9(12)11-7-5-6-8-13-4;3*1-3-4-2;/h4-8H2,1-3H3,(H,11,12);3*1,3-4H2,2H3;. The fraction of sp³-hybridized carbons (Fsp3) is 0.955. The first-order valence-corrected chi connectivity index (χ1v) is 19.4. The van der Waals surface area contributed by atoms with Crippen LogP contribution in [0.1, 0.15) is 92.9 Å². The molecule has 0 spiro atoms. The van der Waals surface area contributed by atoms with Crippen LogP contribution in [-0.2, 0) is 9.47 Å². The first kappa shape index (κ1) is 27.0. The van der Waals surface area contributed by atoms with Crippen molar-refractivity contribution >= 4 is 24.5 Å². The molecule has 0 aliphatic rings. The van der Waals surface area contributed by atoms with E-state index in [2.05, 4.69) is 26.1 Å². The summed E-state index contributed by atoms with van der Waals surface area (Å²) in [5.74, 6) is 0. The van der Waals surface area contributed by atoms with Gasteiger partial charge in [-0.2, -0.15) is 0 Å². The third-order valence-corrected chi connectivity index (χ3v) is 19.4. The second kappa shape index (κ2) is 15.9. The molecule has 0 saturated carbocycles. The van der Waals surface area contributed by atoms with Crippen molar-refractivity contribution in [2.75, 3.05) is 17.8 Å². The van der Waals surface area contributed by atoms with E-state index >= 15 is 0 Å². The van der Waals surface area contributed by atoms with Crippen LogP contribution in [-0.4, -0.2) is 47.8 Å². The molecule has 4 nitrogen and oxygen atoms in total.